The predicted molar refractivity (Wildman–Crippen MR) is 173 cm³/mol. The van der Waals surface area contributed by atoms with Gasteiger partial charge in [0.05, 0.1) is 19.8 Å². The van der Waals surface area contributed by atoms with Gasteiger partial charge < -0.3 is 24.6 Å². The second-order valence-corrected chi connectivity index (χ2v) is 11.9. The van der Waals surface area contributed by atoms with Gasteiger partial charge in [-0.3, -0.25) is 18.6 Å². The summed E-state index contributed by atoms with van der Waals surface area (Å²) in [6, 6.07) is 0. The molecule has 0 bridgehead atoms. The Hall–Kier alpha value is -2.07. The molecule has 0 aliphatic carbocycles. The lowest BCUT2D eigenvalue weighted by atomic mass is 10.1. The average molecular weight is 645 g/mol. The third-order valence-electron chi connectivity index (χ3n) is 6.26. The van der Waals surface area contributed by atoms with Gasteiger partial charge in [0, 0.05) is 12.8 Å². The van der Waals surface area contributed by atoms with E-state index in [1.54, 1.807) is 0 Å². The number of esters is 2. The molecule has 0 aliphatic rings. The molecular formula is C33H57O10P. The number of hydrogen-bond donors (Lipinski definition) is 3. The van der Waals surface area contributed by atoms with Gasteiger partial charge in [0.25, 0.3) is 0 Å². The van der Waals surface area contributed by atoms with Crippen molar-refractivity contribution in [2.24, 2.45) is 0 Å². The summed E-state index contributed by atoms with van der Waals surface area (Å²) in [4.78, 5) is 34.5. The molecule has 44 heavy (non-hydrogen) atoms. The summed E-state index contributed by atoms with van der Waals surface area (Å²) in [5.41, 5.74) is 0. The van der Waals surface area contributed by atoms with Gasteiger partial charge in [-0.05, 0) is 38.5 Å². The van der Waals surface area contributed by atoms with E-state index in [0.717, 1.165) is 44.9 Å². The Bertz CT molecular complexity index is 884. The monoisotopic (exact) mass is 644 g/mol. The van der Waals surface area contributed by atoms with Crippen LogP contribution in [0.25, 0.3) is 0 Å². The van der Waals surface area contributed by atoms with Crippen molar-refractivity contribution in [3.05, 3.63) is 48.6 Å². The van der Waals surface area contributed by atoms with Crippen LogP contribution in [0.5, 0.6) is 0 Å². The summed E-state index contributed by atoms with van der Waals surface area (Å²) in [6.07, 6.45) is 27.0. The Morgan fingerprint density at radius 2 is 1.25 bits per heavy atom. The van der Waals surface area contributed by atoms with Crippen LogP contribution in [0, 0.1) is 0 Å². The molecule has 0 radical (unpaired) electrons. The van der Waals surface area contributed by atoms with Crippen molar-refractivity contribution in [1.82, 2.24) is 0 Å². The lowest BCUT2D eigenvalue weighted by Crippen LogP contribution is -2.29. The molecule has 10 nitrogen and oxygen atoms in total. The van der Waals surface area contributed by atoms with E-state index in [4.69, 9.17) is 19.1 Å². The number of carbonyl (C=O) groups is 2. The smallest absolute Gasteiger partial charge is 0.462 e. The second kappa shape index (κ2) is 29.6. The van der Waals surface area contributed by atoms with Gasteiger partial charge in [0.15, 0.2) is 6.10 Å². The highest BCUT2D eigenvalue weighted by atomic mass is 31.2. The number of ether oxygens (including phenoxy) is 2. The van der Waals surface area contributed by atoms with Gasteiger partial charge in [-0.15, -0.1) is 0 Å². The number of carbonyl (C=O) groups excluding carboxylic acids is 2. The molecule has 254 valence electrons. The first-order valence-electron chi connectivity index (χ1n) is 16.1. The maximum atomic E-state index is 12.4. The van der Waals surface area contributed by atoms with Crippen LogP contribution in [0.4, 0.5) is 0 Å². The lowest BCUT2D eigenvalue weighted by Gasteiger charge is -2.20. The zero-order chi connectivity index (χ0) is 32.7. The molecular weight excluding hydrogens is 587 g/mol. The van der Waals surface area contributed by atoms with Crippen molar-refractivity contribution in [1.29, 1.82) is 0 Å². The third-order valence-corrected chi connectivity index (χ3v) is 7.21. The number of aliphatic hydroxyl groups is 2. The molecule has 0 spiro atoms. The minimum absolute atomic E-state index is 0.0624. The zero-order valence-corrected chi connectivity index (χ0v) is 27.7. The first-order chi connectivity index (χ1) is 21.2. The SMILES string of the molecule is CC/C=C\C/C=C\C/C=C\C/C=C\CCC(=O)OC(COC(=O)CCCCCCCCCC)COP(=O)(O)OCC(O)CO. The Labute approximate surface area is 264 Å². The summed E-state index contributed by atoms with van der Waals surface area (Å²) in [5, 5.41) is 18.2. The maximum Gasteiger partial charge on any atom is 0.472 e. The second-order valence-electron chi connectivity index (χ2n) is 10.5. The number of phosphoric ester groups is 1. The van der Waals surface area contributed by atoms with E-state index >= 15 is 0 Å². The maximum absolute atomic E-state index is 12.4. The van der Waals surface area contributed by atoms with E-state index < -0.39 is 51.8 Å². The van der Waals surface area contributed by atoms with Gasteiger partial charge in [0.2, 0.25) is 0 Å². The Morgan fingerprint density at radius 1 is 0.705 bits per heavy atom. The van der Waals surface area contributed by atoms with Gasteiger partial charge >= 0.3 is 19.8 Å². The summed E-state index contributed by atoms with van der Waals surface area (Å²) >= 11 is 0. The average Bonchev–Trinajstić information content (AvgIpc) is 3.00. The summed E-state index contributed by atoms with van der Waals surface area (Å²) in [5.74, 6) is -1.03. The van der Waals surface area contributed by atoms with E-state index in [0.29, 0.717) is 12.8 Å². The first kappa shape index (κ1) is 41.9. The van der Waals surface area contributed by atoms with Crippen LogP contribution in [0.3, 0.4) is 0 Å². The van der Waals surface area contributed by atoms with Crippen molar-refractivity contribution in [2.75, 3.05) is 26.4 Å². The zero-order valence-electron chi connectivity index (χ0n) is 26.9. The van der Waals surface area contributed by atoms with Crippen molar-refractivity contribution in [3.63, 3.8) is 0 Å². The van der Waals surface area contributed by atoms with Crippen molar-refractivity contribution in [3.8, 4) is 0 Å². The van der Waals surface area contributed by atoms with Crippen LogP contribution < -0.4 is 0 Å². The van der Waals surface area contributed by atoms with E-state index in [1.807, 2.05) is 18.2 Å². The van der Waals surface area contributed by atoms with Crippen LogP contribution in [-0.2, 0) is 32.7 Å². The van der Waals surface area contributed by atoms with Crippen LogP contribution >= 0.6 is 7.82 Å². The molecule has 0 fully saturated rings. The number of unbranched alkanes of at least 4 members (excludes halogenated alkanes) is 7. The van der Waals surface area contributed by atoms with E-state index in [-0.39, 0.29) is 19.4 Å². The summed E-state index contributed by atoms with van der Waals surface area (Å²) in [7, 11) is -4.62. The lowest BCUT2D eigenvalue weighted by molar-refractivity contribution is -0.161. The molecule has 0 aromatic carbocycles. The highest BCUT2D eigenvalue weighted by Gasteiger charge is 2.27. The third kappa shape index (κ3) is 28.7. The van der Waals surface area contributed by atoms with Gasteiger partial charge in [-0.1, -0.05) is 107 Å². The highest BCUT2D eigenvalue weighted by molar-refractivity contribution is 7.47. The Kier molecular flexibility index (Phi) is 28.2. The molecule has 0 heterocycles. The summed E-state index contributed by atoms with van der Waals surface area (Å²) < 4.78 is 32.3. The number of phosphoric acid groups is 1. The molecule has 3 atom stereocenters. The number of aliphatic hydroxyl groups excluding tert-OH is 2. The molecule has 3 N–H and O–H groups in total. The molecule has 3 unspecified atom stereocenters. The fourth-order valence-corrected chi connectivity index (χ4v) is 4.56. The van der Waals surface area contributed by atoms with Crippen molar-refractivity contribution >= 4 is 19.8 Å². The van der Waals surface area contributed by atoms with Crippen LogP contribution in [0.1, 0.15) is 110 Å². The first-order valence-corrected chi connectivity index (χ1v) is 17.6. The standard InChI is InChI=1S/C33H57O10P/c1-3-5-7-9-11-13-14-15-16-17-19-21-23-25-33(37)43-31(29-42-44(38,39)41-27-30(35)26-34)28-40-32(36)24-22-20-18-12-10-8-6-4-2/h5,7,11,13,15-16,19,21,30-31,34-35H,3-4,6,8-10,12,14,17-18,20,22-29H2,1-2H3,(H,38,39)/b7-5-,13-11-,16-15-,21-19-. The number of hydrogen-bond acceptors (Lipinski definition) is 9. The van der Waals surface area contributed by atoms with Crippen molar-refractivity contribution in [2.45, 2.75) is 122 Å². The minimum Gasteiger partial charge on any atom is -0.462 e. The molecule has 0 saturated carbocycles. The topological polar surface area (TPSA) is 149 Å². The molecule has 0 rings (SSSR count). The molecule has 0 aliphatic heterocycles. The van der Waals surface area contributed by atoms with Crippen LogP contribution in [0.15, 0.2) is 48.6 Å². The van der Waals surface area contributed by atoms with Crippen LogP contribution in [0.2, 0.25) is 0 Å². The normalized spacial score (nSPS) is 14.9. The van der Waals surface area contributed by atoms with Gasteiger partial charge in [-0.2, -0.15) is 0 Å². The Morgan fingerprint density at radius 3 is 1.84 bits per heavy atom. The van der Waals surface area contributed by atoms with E-state index in [1.165, 1.54) is 25.7 Å². The number of rotatable bonds is 29. The fourth-order valence-electron chi connectivity index (χ4n) is 3.77. The van der Waals surface area contributed by atoms with E-state index in [9.17, 15) is 24.2 Å². The summed E-state index contributed by atoms with van der Waals surface area (Å²) in [6.45, 7) is 2.09. The molecule has 0 aromatic rings. The van der Waals surface area contributed by atoms with Crippen molar-refractivity contribution < 1.29 is 47.8 Å². The quantitative estimate of drug-likeness (QED) is 0.0335. The highest BCUT2D eigenvalue weighted by Crippen LogP contribution is 2.43. The Balaban J connectivity index is 4.60. The minimum atomic E-state index is -4.62. The fraction of sp³-hybridized carbons (Fsp3) is 0.697. The van der Waals surface area contributed by atoms with Gasteiger partial charge in [0.1, 0.15) is 12.7 Å². The molecule has 11 heteroatoms. The van der Waals surface area contributed by atoms with Gasteiger partial charge in [-0.25, -0.2) is 4.57 Å². The van der Waals surface area contributed by atoms with Crippen LogP contribution in [-0.4, -0.2) is 65.7 Å². The molecule has 0 saturated heterocycles. The largest absolute Gasteiger partial charge is 0.472 e. The molecule has 0 amide bonds. The molecule has 0 aromatic heterocycles. The predicted octanol–water partition coefficient (Wildman–Crippen LogP) is 7.04. The van der Waals surface area contributed by atoms with E-state index in [2.05, 4.69) is 48.8 Å². The number of allylic oxidation sites excluding steroid dienone is 8.